The first-order valence-electron chi connectivity index (χ1n) is 8.06. The molecule has 0 aliphatic rings. The van der Waals surface area contributed by atoms with Crippen LogP contribution >= 0.6 is 23.2 Å². The van der Waals surface area contributed by atoms with Crippen LogP contribution in [-0.4, -0.2) is 47.2 Å². The number of carbonyl (C=O) groups is 1. The molecule has 0 atom stereocenters. The normalized spacial score (nSPS) is 11.0. The summed E-state index contributed by atoms with van der Waals surface area (Å²) >= 11 is 11.9. The quantitative estimate of drug-likeness (QED) is 0.695. The molecule has 0 unspecified atom stereocenters. The molecule has 1 heterocycles. The fourth-order valence-electron chi connectivity index (χ4n) is 2.38. The van der Waals surface area contributed by atoms with E-state index in [0.717, 1.165) is 31.6 Å². The molecule has 0 bridgehead atoms. The third kappa shape index (κ3) is 4.97. The summed E-state index contributed by atoms with van der Waals surface area (Å²) < 4.78 is 0. The van der Waals surface area contributed by atoms with Crippen LogP contribution < -0.4 is 5.32 Å². The summed E-state index contributed by atoms with van der Waals surface area (Å²) in [6.07, 6.45) is 0.918. The van der Waals surface area contributed by atoms with E-state index >= 15 is 0 Å². The van der Waals surface area contributed by atoms with E-state index < -0.39 is 0 Å². The van der Waals surface area contributed by atoms with Crippen LogP contribution in [0.15, 0.2) is 24.3 Å². The Balaban J connectivity index is 1.90. The molecule has 7 heteroatoms. The molecule has 0 saturated heterocycles. The van der Waals surface area contributed by atoms with Gasteiger partial charge in [0.1, 0.15) is 5.69 Å². The van der Waals surface area contributed by atoms with Crippen molar-refractivity contribution in [3.05, 3.63) is 40.0 Å². The monoisotopic (exact) mass is 368 g/mol. The Hall–Kier alpha value is -1.56. The number of aromatic nitrogens is 2. The smallest absolute Gasteiger partial charge is 0.269 e. The molecule has 1 aromatic carbocycles. The lowest BCUT2D eigenvalue weighted by Crippen LogP contribution is -2.30. The Labute approximate surface area is 152 Å². The van der Waals surface area contributed by atoms with E-state index in [1.807, 2.05) is 6.07 Å². The van der Waals surface area contributed by atoms with Crippen LogP contribution in [0.5, 0.6) is 0 Å². The topological polar surface area (TPSA) is 61.0 Å². The number of benzene rings is 1. The maximum Gasteiger partial charge on any atom is 0.269 e. The Bertz CT molecular complexity index is 683. The predicted molar refractivity (Wildman–Crippen MR) is 98.8 cm³/mol. The second-order valence-corrected chi connectivity index (χ2v) is 6.25. The van der Waals surface area contributed by atoms with Gasteiger partial charge in [0.25, 0.3) is 5.91 Å². The lowest BCUT2D eigenvalue weighted by molar-refractivity contribution is 0.0947. The van der Waals surface area contributed by atoms with Crippen molar-refractivity contribution in [2.24, 2.45) is 0 Å². The third-order valence-electron chi connectivity index (χ3n) is 3.87. The number of halogens is 2. The number of aromatic amines is 1. The fraction of sp³-hybridized carbons (Fsp3) is 0.412. The highest BCUT2D eigenvalue weighted by atomic mass is 35.5. The molecular weight excluding hydrogens is 347 g/mol. The van der Waals surface area contributed by atoms with Gasteiger partial charge in [-0.15, -0.1) is 0 Å². The molecule has 1 amide bonds. The van der Waals surface area contributed by atoms with Gasteiger partial charge < -0.3 is 10.2 Å². The zero-order valence-electron chi connectivity index (χ0n) is 13.9. The number of amides is 1. The maximum absolute atomic E-state index is 12.2. The molecule has 24 heavy (non-hydrogen) atoms. The number of carbonyl (C=O) groups excluding carboxylic acids is 1. The van der Waals surface area contributed by atoms with Crippen LogP contribution in [0, 0.1) is 0 Å². The van der Waals surface area contributed by atoms with E-state index in [9.17, 15) is 4.79 Å². The highest BCUT2D eigenvalue weighted by Gasteiger charge is 2.11. The summed E-state index contributed by atoms with van der Waals surface area (Å²) in [5.74, 6) is -0.159. The molecule has 0 aliphatic carbocycles. The zero-order valence-corrected chi connectivity index (χ0v) is 15.4. The minimum atomic E-state index is -0.159. The van der Waals surface area contributed by atoms with E-state index in [-0.39, 0.29) is 5.91 Å². The Morgan fingerprint density at radius 2 is 1.96 bits per heavy atom. The second-order valence-electron chi connectivity index (χ2n) is 5.43. The van der Waals surface area contributed by atoms with Crippen molar-refractivity contribution in [1.29, 1.82) is 0 Å². The highest BCUT2D eigenvalue weighted by Crippen LogP contribution is 2.27. The number of H-pyrrole nitrogens is 1. The Kier molecular flexibility index (Phi) is 7.09. The largest absolute Gasteiger partial charge is 0.351 e. The number of hydrogen-bond donors (Lipinski definition) is 2. The molecule has 0 aliphatic heterocycles. The predicted octanol–water partition coefficient (Wildman–Crippen LogP) is 3.85. The van der Waals surface area contributed by atoms with Crippen molar-refractivity contribution in [3.63, 3.8) is 0 Å². The van der Waals surface area contributed by atoms with Crippen LogP contribution in [0.2, 0.25) is 10.0 Å². The maximum atomic E-state index is 12.2. The summed E-state index contributed by atoms with van der Waals surface area (Å²) in [5.41, 5.74) is 1.89. The van der Waals surface area contributed by atoms with Crippen LogP contribution in [0.3, 0.4) is 0 Å². The van der Waals surface area contributed by atoms with Crippen molar-refractivity contribution in [2.75, 3.05) is 26.2 Å². The van der Waals surface area contributed by atoms with Gasteiger partial charge >= 0.3 is 0 Å². The van der Waals surface area contributed by atoms with Crippen molar-refractivity contribution < 1.29 is 4.79 Å². The van der Waals surface area contributed by atoms with Gasteiger partial charge in [-0.3, -0.25) is 9.89 Å². The summed E-state index contributed by atoms with van der Waals surface area (Å²) in [5, 5.41) is 10.8. The van der Waals surface area contributed by atoms with Crippen molar-refractivity contribution in [2.45, 2.75) is 20.3 Å². The van der Waals surface area contributed by atoms with Gasteiger partial charge in [0.05, 0.1) is 15.7 Å². The van der Waals surface area contributed by atoms with E-state index in [1.165, 1.54) is 0 Å². The highest BCUT2D eigenvalue weighted by molar-refractivity contribution is 6.42. The molecule has 1 aromatic heterocycles. The first-order valence-corrected chi connectivity index (χ1v) is 8.82. The lowest BCUT2D eigenvalue weighted by Gasteiger charge is -2.17. The van der Waals surface area contributed by atoms with E-state index in [2.05, 4.69) is 34.3 Å². The zero-order chi connectivity index (χ0) is 17.5. The van der Waals surface area contributed by atoms with Gasteiger partial charge in [0.15, 0.2) is 0 Å². The standard InChI is InChI=1S/C17H22Cl2N4O/c1-3-23(4-2)9-5-8-20-17(24)16-11-15(21-22-16)12-6-7-13(18)14(19)10-12/h6-7,10-11H,3-5,8-9H2,1-2H3,(H,20,24)(H,21,22). The molecule has 0 saturated carbocycles. The Morgan fingerprint density at radius 3 is 2.62 bits per heavy atom. The number of hydrogen-bond acceptors (Lipinski definition) is 3. The van der Waals surface area contributed by atoms with Crippen LogP contribution in [0.1, 0.15) is 30.8 Å². The molecule has 2 rings (SSSR count). The molecule has 2 aromatic rings. The van der Waals surface area contributed by atoms with Gasteiger partial charge in [-0.05, 0) is 44.3 Å². The minimum Gasteiger partial charge on any atom is -0.351 e. The average Bonchev–Trinajstić information content (AvgIpc) is 3.07. The number of rotatable bonds is 8. The lowest BCUT2D eigenvalue weighted by atomic mass is 10.1. The van der Waals surface area contributed by atoms with E-state index in [4.69, 9.17) is 23.2 Å². The summed E-state index contributed by atoms with van der Waals surface area (Å²) in [7, 11) is 0. The van der Waals surface area contributed by atoms with Gasteiger partial charge in [-0.2, -0.15) is 5.10 Å². The third-order valence-corrected chi connectivity index (χ3v) is 4.61. The first-order chi connectivity index (χ1) is 11.5. The molecule has 0 radical (unpaired) electrons. The van der Waals surface area contributed by atoms with Gasteiger partial charge in [-0.25, -0.2) is 0 Å². The number of nitrogens with one attached hydrogen (secondary N) is 2. The van der Waals surface area contributed by atoms with Gasteiger partial charge in [0.2, 0.25) is 0 Å². The van der Waals surface area contributed by atoms with Crippen LogP contribution in [0.4, 0.5) is 0 Å². The second kappa shape index (κ2) is 9.06. The Morgan fingerprint density at radius 1 is 1.21 bits per heavy atom. The molecule has 2 N–H and O–H groups in total. The summed E-state index contributed by atoms with van der Waals surface area (Å²) in [6.45, 7) is 7.94. The number of nitrogens with zero attached hydrogens (tertiary/aromatic N) is 2. The van der Waals surface area contributed by atoms with Gasteiger partial charge in [-0.1, -0.05) is 43.1 Å². The van der Waals surface area contributed by atoms with Crippen LogP contribution in [-0.2, 0) is 0 Å². The average molecular weight is 369 g/mol. The molecule has 5 nitrogen and oxygen atoms in total. The minimum absolute atomic E-state index is 0.159. The molecule has 0 fully saturated rings. The summed E-state index contributed by atoms with van der Waals surface area (Å²) in [6, 6.07) is 6.96. The van der Waals surface area contributed by atoms with Crippen LogP contribution in [0.25, 0.3) is 11.3 Å². The van der Waals surface area contributed by atoms with E-state index in [0.29, 0.717) is 28.0 Å². The van der Waals surface area contributed by atoms with Crippen molar-refractivity contribution in [1.82, 2.24) is 20.4 Å². The SMILES string of the molecule is CCN(CC)CCCNC(=O)c1cc(-c2ccc(Cl)c(Cl)c2)n[nH]1. The fourth-order valence-corrected chi connectivity index (χ4v) is 2.68. The van der Waals surface area contributed by atoms with Crippen molar-refractivity contribution in [3.8, 4) is 11.3 Å². The summed E-state index contributed by atoms with van der Waals surface area (Å²) in [4.78, 5) is 14.5. The van der Waals surface area contributed by atoms with E-state index in [1.54, 1.807) is 18.2 Å². The first kappa shape index (κ1) is 18.8. The van der Waals surface area contributed by atoms with Crippen molar-refractivity contribution >= 4 is 29.1 Å². The molecule has 0 spiro atoms. The molecule has 130 valence electrons. The molecular formula is C17H22Cl2N4O. The van der Waals surface area contributed by atoms with Gasteiger partial charge in [0, 0.05) is 12.1 Å².